The van der Waals surface area contributed by atoms with Gasteiger partial charge < -0.3 is 15.2 Å². The van der Waals surface area contributed by atoms with Crippen molar-refractivity contribution >= 4 is 57.3 Å². The number of nitrogens with one attached hydrogen (secondary N) is 3. The van der Waals surface area contributed by atoms with Crippen LogP contribution in [0.5, 0.6) is 0 Å². The van der Waals surface area contributed by atoms with Crippen LogP contribution in [0.15, 0.2) is 24.7 Å². The van der Waals surface area contributed by atoms with Gasteiger partial charge in [0, 0.05) is 35.9 Å². The molecule has 0 aliphatic heterocycles. The number of fused-ring (bicyclic) bond motifs is 1. The number of hydrogen-bond acceptors (Lipinski definition) is 4. The van der Waals surface area contributed by atoms with Crippen molar-refractivity contribution < 1.29 is 9.18 Å². The zero-order valence-corrected chi connectivity index (χ0v) is 27.0. The topological polar surface area (TPSA) is 71.0 Å². The summed E-state index contributed by atoms with van der Waals surface area (Å²) in [4.78, 5) is 17.6. The Labute approximate surface area is 247 Å². The fraction of sp³-hybridized carbons (Fsp3) is 0.630. The third-order valence-corrected chi connectivity index (χ3v) is 6.73. The minimum absolute atomic E-state index is 0. The van der Waals surface area contributed by atoms with Crippen LogP contribution in [0.2, 0.25) is 5.02 Å². The van der Waals surface area contributed by atoms with E-state index < -0.39 is 6.04 Å². The van der Waals surface area contributed by atoms with E-state index in [1.807, 2.05) is 23.8 Å². The van der Waals surface area contributed by atoms with Gasteiger partial charge in [-0.3, -0.25) is 10.1 Å². The minimum Gasteiger partial charge on any atom is -0.328 e. The van der Waals surface area contributed by atoms with Crippen LogP contribution >= 0.6 is 45.6 Å². The average molecular weight is 668 g/mol. The van der Waals surface area contributed by atoms with E-state index in [-0.39, 0.29) is 62.7 Å². The van der Waals surface area contributed by atoms with Crippen LogP contribution in [-0.2, 0) is 16.8 Å². The van der Waals surface area contributed by atoms with Crippen LogP contribution in [0.1, 0.15) is 84.4 Å². The first kappa shape index (κ1) is 34.0. The second-order valence-electron chi connectivity index (χ2n) is 11.5. The normalized spacial score (nSPS) is 16.3. The first-order valence-electron chi connectivity index (χ1n) is 12.7. The molecule has 1 heterocycles. The monoisotopic (exact) mass is 665 g/mol. The van der Waals surface area contributed by atoms with Gasteiger partial charge in [0.05, 0.1) is 17.9 Å². The predicted octanol–water partition coefficient (Wildman–Crippen LogP) is 6.98. The van der Waals surface area contributed by atoms with E-state index in [9.17, 15) is 9.18 Å². The lowest BCUT2D eigenvalue weighted by Gasteiger charge is -2.30. The molecule has 0 bridgehead atoms. The van der Waals surface area contributed by atoms with Crippen LogP contribution in [0, 0.1) is 11.2 Å². The third-order valence-electron chi connectivity index (χ3n) is 6.51. The maximum Gasteiger partial charge on any atom is 0.242 e. The first-order chi connectivity index (χ1) is 16.4. The molecule has 37 heavy (non-hydrogen) atoms. The number of amides is 1. The molecular formula is C27H43Br2ClFN5O. The summed E-state index contributed by atoms with van der Waals surface area (Å²) < 4.78 is 16.8. The van der Waals surface area contributed by atoms with Gasteiger partial charge in [0.1, 0.15) is 5.82 Å². The lowest BCUT2D eigenvalue weighted by atomic mass is 9.86. The lowest BCUT2D eigenvalue weighted by Crippen LogP contribution is -2.43. The largest absolute Gasteiger partial charge is 0.328 e. The molecule has 1 aromatic carbocycles. The molecule has 2 aromatic rings. The molecule has 0 saturated heterocycles. The van der Waals surface area contributed by atoms with Crippen molar-refractivity contribution in [2.45, 2.75) is 91.3 Å². The molecule has 6 nitrogen and oxygen atoms in total. The Kier molecular flexibility index (Phi) is 13.2. The molecule has 0 fully saturated rings. The van der Waals surface area contributed by atoms with Crippen LogP contribution in [0.3, 0.4) is 0 Å². The highest BCUT2D eigenvalue weighted by Crippen LogP contribution is 2.34. The Balaban J connectivity index is 0.00000342. The Hall–Kier alpha value is -1.00. The number of carbonyl (C=O) groups excluding carboxylic acids is 1. The SMILES string of the molecule is Br.Br.CCC[C@H](N[C@H]1CCCc2cc(Cl)cc(F)c21)C(=O)Nc1cn(C(C)(C)CNCC(C)(C)C)cn1. The van der Waals surface area contributed by atoms with E-state index in [1.165, 1.54) is 6.07 Å². The smallest absolute Gasteiger partial charge is 0.242 e. The molecule has 1 aliphatic rings. The molecule has 0 spiro atoms. The quantitative estimate of drug-likeness (QED) is 0.256. The molecule has 3 rings (SSSR count). The summed E-state index contributed by atoms with van der Waals surface area (Å²) in [5, 5.41) is 10.3. The van der Waals surface area contributed by atoms with E-state index in [2.05, 4.69) is 55.6 Å². The number of imidazole rings is 1. The predicted molar refractivity (Wildman–Crippen MR) is 162 cm³/mol. The molecule has 0 saturated carbocycles. The standard InChI is InChI=1S/C27H41ClFN5O.2BrH/c1-7-9-22(32-21-11-8-10-18-12-19(28)13-20(29)24(18)21)25(35)33-23-14-34(17-31-23)27(5,6)16-30-15-26(2,3)4;;/h12-14,17,21-22,30,32H,7-11,15-16H2,1-6H3,(H,33,35);2*1H/t21-,22-;;/m0../s1. The lowest BCUT2D eigenvalue weighted by molar-refractivity contribution is -0.118. The number of rotatable bonds is 10. The average Bonchev–Trinajstić information content (AvgIpc) is 3.21. The summed E-state index contributed by atoms with van der Waals surface area (Å²) in [6, 6.07) is 2.54. The molecule has 1 aromatic heterocycles. The zero-order chi connectivity index (χ0) is 25.8. The Morgan fingerprint density at radius 2 is 1.92 bits per heavy atom. The van der Waals surface area contributed by atoms with Crippen molar-refractivity contribution in [1.29, 1.82) is 0 Å². The number of nitrogens with zero attached hydrogens (tertiary/aromatic N) is 2. The summed E-state index contributed by atoms with van der Waals surface area (Å²) in [6.07, 6.45) is 7.61. The summed E-state index contributed by atoms with van der Waals surface area (Å²) in [6.45, 7) is 14.6. The van der Waals surface area contributed by atoms with Crippen LogP contribution in [0.4, 0.5) is 10.2 Å². The molecule has 2 atom stereocenters. The maximum atomic E-state index is 14.8. The molecule has 3 N–H and O–H groups in total. The summed E-state index contributed by atoms with van der Waals surface area (Å²) in [7, 11) is 0. The second kappa shape index (κ2) is 14.4. The van der Waals surface area contributed by atoms with Crippen LogP contribution in [0.25, 0.3) is 0 Å². The van der Waals surface area contributed by atoms with Crippen molar-refractivity contribution in [3.63, 3.8) is 0 Å². The van der Waals surface area contributed by atoms with Crippen molar-refractivity contribution in [2.24, 2.45) is 5.41 Å². The molecule has 0 radical (unpaired) electrons. The molecule has 1 aliphatic carbocycles. The fourth-order valence-corrected chi connectivity index (χ4v) is 4.86. The highest BCUT2D eigenvalue weighted by Gasteiger charge is 2.29. The Morgan fingerprint density at radius 3 is 2.57 bits per heavy atom. The highest BCUT2D eigenvalue weighted by molar-refractivity contribution is 8.93. The Bertz CT molecular complexity index is 1020. The fourth-order valence-electron chi connectivity index (χ4n) is 4.63. The zero-order valence-electron chi connectivity index (χ0n) is 22.8. The van der Waals surface area contributed by atoms with Crippen molar-refractivity contribution in [3.8, 4) is 0 Å². The van der Waals surface area contributed by atoms with Gasteiger partial charge in [-0.15, -0.1) is 34.0 Å². The molecular weight excluding hydrogens is 625 g/mol. The van der Waals surface area contributed by atoms with E-state index in [0.717, 1.165) is 44.3 Å². The highest BCUT2D eigenvalue weighted by atomic mass is 79.9. The van der Waals surface area contributed by atoms with Crippen LogP contribution in [-0.4, -0.2) is 34.6 Å². The number of anilines is 1. The molecule has 1 amide bonds. The number of benzene rings is 1. The minimum atomic E-state index is -0.447. The molecule has 0 unspecified atom stereocenters. The van der Waals surface area contributed by atoms with E-state index >= 15 is 0 Å². The van der Waals surface area contributed by atoms with E-state index in [0.29, 0.717) is 22.8 Å². The van der Waals surface area contributed by atoms with E-state index in [4.69, 9.17) is 11.6 Å². The molecule has 210 valence electrons. The van der Waals surface area contributed by atoms with Crippen molar-refractivity contribution in [2.75, 3.05) is 18.4 Å². The van der Waals surface area contributed by atoms with E-state index in [1.54, 1.807) is 6.33 Å². The summed E-state index contributed by atoms with van der Waals surface area (Å²) >= 11 is 6.07. The van der Waals surface area contributed by atoms with Crippen molar-refractivity contribution in [3.05, 3.63) is 46.6 Å². The van der Waals surface area contributed by atoms with Crippen molar-refractivity contribution in [1.82, 2.24) is 20.2 Å². The van der Waals surface area contributed by atoms with Gasteiger partial charge in [0.25, 0.3) is 0 Å². The maximum absolute atomic E-state index is 14.8. The molecule has 10 heteroatoms. The number of carbonyl (C=O) groups is 1. The number of halogens is 4. The third kappa shape index (κ3) is 9.60. The van der Waals surface area contributed by atoms with Gasteiger partial charge in [-0.05, 0) is 62.6 Å². The van der Waals surface area contributed by atoms with Gasteiger partial charge >= 0.3 is 0 Å². The number of aryl methyl sites for hydroxylation is 1. The first-order valence-corrected chi connectivity index (χ1v) is 13.1. The Morgan fingerprint density at radius 1 is 1.22 bits per heavy atom. The number of hydrogen-bond donors (Lipinski definition) is 3. The second-order valence-corrected chi connectivity index (χ2v) is 12.0. The summed E-state index contributed by atoms with van der Waals surface area (Å²) in [5.74, 6) is 0.0625. The summed E-state index contributed by atoms with van der Waals surface area (Å²) in [5.41, 5.74) is 1.57. The van der Waals surface area contributed by atoms with Gasteiger partial charge in [-0.25, -0.2) is 9.37 Å². The van der Waals surface area contributed by atoms with Gasteiger partial charge in [-0.1, -0.05) is 45.7 Å². The van der Waals surface area contributed by atoms with Gasteiger partial charge in [-0.2, -0.15) is 0 Å². The van der Waals surface area contributed by atoms with Gasteiger partial charge in [0.15, 0.2) is 5.82 Å². The van der Waals surface area contributed by atoms with Gasteiger partial charge in [0.2, 0.25) is 5.91 Å². The van der Waals surface area contributed by atoms with Crippen LogP contribution < -0.4 is 16.0 Å². The number of aromatic nitrogens is 2.